The van der Waals surface area contributed by atoms with Crippen LogP contribution >= 0.6 is 24.0 Å². The van der Waals surface area contributed by atoms with Crippen LogP contribution in [-0.2, 0) is 0 Å². The summed E-state index contributed by atoms with van der Waals surface area (Å²) in [7, 11) is 1.66. The topological polar surface area (TPSA) is 60.2 Å². The van der Waals surface area contributed by atoms with Crippen LogP contribution in [0.1, 0.15) is 0 Å². The summed E-state index contributed by atoms with van der Waals surface area (Å²) in [6.45, 7) is 1.25. The summed E-state index contributed by atoms with van der Waals surface area (Å²) in [6, 6.07) is 11.5. The molecule has 0 radical (unpaired) electrons. The van der Waals surface area contributed by atoms with Crippen LogP contribution in [0.2, 0.25) is 5.02 Å². The largest absolute Gasteiger partial charge is 0.497 e. The SMILES string of the molecule is COc1ccc2nc3cc(Cl)ccc3c(NCCN)c2c1.Cl. The number of nitrogens with zero attached hydrogens (tertiary/aromatic N) is 1. The summed E-state index contributed by atoms with van der Waals surface area (Å²) < 4.78 is 5.31. The van der Waals surface area contributed by atoms with Gasteiger partial charge in [-0.2, -0.15) is 0 Å². The number of aromatic nitrogens is 1. The van der Waals surface area contributed by atoms with Crippen molar-refractivity contribution in [3.05, 3.63) is 41.4 Å². The summed E-state index contributed by atoms with van der Waals surface area (Å²) in [5, 5.41) is 6.09. The molecule has 0 amide bonds. The predicted octanol–water partition coefficient (Wildman–Crippen LogP) is 3.84. The van der Waals surface area contributed by atoms with Crippen LogP contribution in [0.25, 0.3) is 21.8 Å². The van der Waals surface area contributed by atoms with E-state index < -0.39 is 0 Å². The van der Waals surface area contributed by atoms with Gasteiger partial charge in [-0.05, 0) is 36.4 Å². The second-order valence-electron chi connectivity index (χ2n) is 4.75. The molecule has 6 heteroatoms. The van der Waals surface area contributed by atoms with Crippen molar-refractivity contribution >= 4 is 51.5 Å². The Bertz CT molecular complexity index is 808. The van der Waals surface area contributed by atoms with E-state index >= 15 is 0 Å². The number of rotatable bonds is 4. The zero-order valence-electron chi connectivity index (χ0n) is 12.1. The third-order valence-electron chi connectivity index (χ3n) is 3.39. The lowest BCUT2D eigenvalue weighted by atomic mass is 10.1. The maximum Gasteiger partial charge on any atom is 0.119 e. The van der Waals surface area contributed by atoms with E-state index in [4.69, 9.17) is 22.1 Å². The van der Waals surface area contributed by atoms with E-state index in [0.717, 1.165) is 33.2 Å². The van der Waals surface area contributed by atoms with Gasteiger partial charge in [-0.3, -0.25) is 0 Å². The monoisotopic (exact) mass is 337 g/mol. The zero-order chi connectivity index (χ0) is 14.8. The summed E-state index contributed by atoms with van der Waals surface area (Å²) in [5.74, 6) is 0.799. The molecule has 4 nitrogen and oxygen atoms in total. The Morgan fingerprint density at radius 1 is 1.14 bits per heavy atom. The summed E-state index contributed by atoms with van der Waals surface area (Å²) in [4.78, 5) is 4.67. The normalized spacial score (nSPS) is 10.5. The molecule has 0 spiro atoms. The van der Waals surface area contributed by atoms with Crippen LogP contribution in [0.15, 0.2) is 36.4 Å². The number of fused-ring (bicyclic) bond motifs is 2. The Morgan fingerprint density at radius 3 is 2.68 bits per heavy atom. The fourth-order valence-corrected chi connectivity index (χ4v) is 2.58. The first-order valence-electron chi connectivity index (χ1n) is 6.74. The number of nitrogens with two attached hydrogens (primary N) is 1. The van der Waals surface area contributed by atoms with Crippen molar-refractivity contribution in [2.24, 2.45) is 5.73 Å². The standard InChI is InChI=1S/C16H16ClN3O.ClH/c1-21-11-3-5-14-13(9-11)16(19-7-6-18)12-4-2-10(17)8-15(12)20-14;/h2-5,8-9H,6-7,18H2,1H3,(H,19,20);1H. The molecule has 0 unspecified atom stereocenters. The zero-order valence-corrected chi connectivity index (χ0v) is 13.7. The highest BCUT2D eigenvalue weighted by Crippen LogP contribution is 2.33. The highest BCUT2D eigenvalue weighted by Gasteiger charge is 2.10. The molecule has 3 aromatic rings. The fourth-order valence-electron chi connectivity index (χ4n) is 2.41. The first-order chi connectivity index (χ1) is 10.2. The van der Waals surface area contributed by atoms with Crippen LogP contribution in [-0.4, -0.2) is 25.2 Å². The molecular weight excluding hydrogens is 321 g/mol. The summed E-state index contributed by atoms with van der Waals surface area (Å²) in [6.07, 6.45) is 0. The van der Waals surface area contributed by atoms with E-state index in [1.807, 2.05) is 36.4 Å². The summed E-state index contributed by atoms with van der Waals surface area (Å²) in [5.41, 5.74) is 8.39. The Balaban J connectivity index is 0.00000176. The van der Waals surface area contributed by atoms with Crippen molar-refractivity contribution < 1.29 is 4.74 Å². The molecule has 0 aliphatic rings. The number of methoxy groups -OCH3 is 1. The maximum atomic E-state index is 6.07. The van der Waals surface area contributed by atoms with Crippen molar-refractivity contribution in [3.8, 4) is 5.75 Å². The van der Waals surface area contributed by atoms with Crippen molar-refractivity contribution in [1.29, 1.82) is 0 Å². The fraction of sp³-hybridized carbons (Fsp3) is 0.188. The Kier molecular flexibility index (Phi) is 5.29. The highest BCUT2D eigenvalue weighted by molar-refractivity contribution is 6.31. The van der Waals surface area contributed by atoms with E-state index in [1.54, 1.807) is 7.11 Å². The third kappa shape index (κ3) is 3.04. The van der Waals surface area contributed by atoms with Gasteiger partial charge in [-0.25, -0.2) is 4.98 Å². The Morgan fingerprint density at radius 2 is 1.95 bits per heavy atom. The molecule has 22 heavy (non-hydrogen) atoms. The number of hydrogen-bond acceptors (Lipinski definition) is 4. The van der Waals surface area contributed by atoms with E-state index in [1.165, 1.54) is 0 Å². The quantitative estimate of drug-likeness (QED) is 0.710. The van der Waals surface area contributed by atoms with E-state index in [0.29, 0.717) is 18.1 Å². The molecule has 3 rings (SSSR count). The molecule has 2 aromatic carbocycles. The minimum atomic E-state index is 0. The molecular formula is C16H17Cl2N3O. The van der Waals surface area contributed by atoms with Gasteiger partial charge in [-0.15, -0.1) is 12.4 Å². The smallest absolute Gasteiger partial charge is 0.119 e. The number of nitrogens with one attached hydrogen (secondary N) is 1. The van der Waals surface area contributed by atoms with E-state index in [2.05, 4.69) is 10.3 Å². The number of pyridine rings is 1. The lowest BCUT2D eigenvalue weighted by Gasteiger charge is -2.13. The minimum absolute atomic E-state index is 0. The first kappa shape index (κ1) is 16.6. The molecule has 0 atom stereocenters. The average Bonchev–Trinajstić information content (AvgIpc) is 2.50. The van der Waals surface area contributed by atoms with Crippen LogP contribution in [0.5, 0.6) is 5.75 Å². The lowest BCUT2D eigenvalue weighted by molar-refractivity contribution is 0.415. The minimum Gasteiger partial charge on any atom is -0.497 e. The average molecular weight is 338 g/mol. The molecule has 116 valence electrons. The van der Waals surface area contributed by atoms with Crippen molar-refractivity contribution in [3.63, 3.8) is 0 Å². The number of hydrogen-bond donors (Lipinski definition) is 2. The molecule has 0 bridgehead atoms. The highest BCUT2D eigenvalue weighted by atomic mass is 35.5. The van der Waals surface area contributed by atoms with Crippen molar-refractivity contribution in [2.45, 2.75) is 0 Å². The molecule has 3 N–H and O–H groups in total. The molecule has 0 aliphatic heterocycles. The van der Waals surface area contributed by atoms with Crippen molar-refractivity contribution in [1.82, 2.24) is 4.98 Å². The van der Waals surface area contributed by atoms with Gasteiger partial charge in [0, 0.05) is 28.9 Å². The van der Waals surface area contributed by atoms with Gasteiger partial charge in [-0.1, -0.05) is 11.6 Å². The molecule has 1 heterocycles. The number of anilines is 1. The van der Waals surface area contributed by atoms with Crippen LogP contribution < -0.4 is 15.8 Å². The molecule has 0 aliphatic carbocycles. The molecule has 0 fully saturated rings. The number of benzene rings is 2. The van der Waals surface area contributed by atoms with Gasteiger partial charge in [0.05, 0.1) is 23.8 Å². The number of halogens is 2. The predicted molar refractivity (Wildman–Crippen MR) is 95.6 cm³/mol. The van der Waals surface area contributed by atoms with Gasteiger partial charge in [0.1, 0.15) is 5.75 Å². The Hall–Kier alpha value is -1.75. The molecule has 0 saturated heterocycles. The lowest BCUT2D eigenvalue weighted by Crippen LogP contribution is -2.13. The van der Waals surface area contributed by atoms with Crippen LogP contribution in [0, 0.1) is 0 Å². The molecule has 1 aromatic heterocycles. The van der Waals surface area contributed by atoms with E-state index in [9.17, 15) is 0 Å². The van der Waals surface area contributed by atoms with E-state index in [-0.39, 0.29) is 12.4 Å². The van der Waals surface area contributed by atoms with Gasteiger partial charge in [0.25, 0.3) is 0 Å². The second kappa shape index (κ2) is 7.01. The van der Waals surface area contributed by atoms with Crippen LogP contribution in [0.4, 0.5) is 5.69 Å². The number of ether oxygens (including phenoxy) is 1. The molecule has 0 saturated carbocycles. The van der Waals surface area contributed by atoms with Crippen molar-refractivity contribution in [2.75, 3.05) is 25.5 Å². The Labute approximate surface area is 140 Å². The summed E-state index contributed by atoms with van der Waals surface area (Å²) >= 11 is 6.07. The van der Waals surface area contributed by atoms with Gasteiger partial charge in [0.2, 0.25) is 0 Å². The second-order valence-corrected chi connectivity index (χ2v) is 5.18. The van der Waals surface area contributed by atoms with Gasteiger partial charge in [0.15, 0.2) is 0 Å². The first-order valence-corrected chi connectivity index (χ1v) is 7.11. The van der Waals surface area contributed by atoms with Gasteiger partial charge < -0.3 is 15.8 Å². The third-order valence-corrected chi connectivity index (χ3v) is 3.62. The van der Waals surface area contributed by atoms with Gasteiger partial charge >= 0.3 is 0 Å². The maximum absolute atomic E-state index is 6.07. The van der Waals surface area contributed by atoms with Crippen LogP contribution in [0.3, 0.4) is 0 Å².